The number of hydrogen-bond donors (Lipinski definition) is 2. The van der Waals surface area contributed by atoms with E-state index in [1.54, 1.807) is 0 Å². The topological polar surface area (TPSA) is 75.3 Å². The lowest BCUT2D eigenvalue weighted by atomic mass is 10.2. The highest BCUT2D eigenvalue weighted by Crippen LogP contribution is 2.09. The van der Waals surface area contributed by atoms with Crippen LogP contribution in [0.2, 0.25) is 0 Å². The van der Waals surface area contributed by atoms with E-state index in [1.807, 2.05) is 18.6 Å². The van der Waals surface area contributed by atoms with Gasteiger partial charge in [-0.15, -0.1) is 6.42 Å². The van der Waals surface area contributed by atoms with E-state index in [-0.39, 0.29) is 10.8 Å². The Hall–Kier alpha value is -2.00. The van der Waals surface area contributed by atoms with Crippen molar-refractivity contribution in [1.29, 1.82) is 0 Å². The van der Waals surface area contributed by atoms with Crippen molar-refractivity contribution in [1.82, 2.24) is 10.0 Å². The first-order valence-electron chi connectivity index (χ1n) is 5.72. The van der Waals surface area contributed by atoms with Crippen molar-refractivity contribution in [3.05, 3.63) is 29.8 Å². The van der Waals surface area contributed by atoms with E-state index in [2.05, 4.69) is 11.2 Å². The number of nitrogens with one attached hydrogen (secondary N) is 2. The van der Waals surface area contributed by atoms with Gasteiger partial charge in [0.05, 0.1) is 4.90 Å². The molecular weight excluding hydrogens is 264 g/mol. The summed E-state index contributed by atoms with van der Waals surface area (Å²) >= 11 is 0. The highest BCUT2D eigenvalue weighted by atomic mass is 32.2. The third kappa shape index (κ3) is 4.64. The molecule has 1 rings (SSSR count). The maximum absolute atomic E-state index is 11.9. The molecule has 0 aliphatic rings. The highest BCUT2D eigenvalue weighted by molar-refractivity contribution is 7.90. The largest absolute Gasteiger partial charge is 0.337 e. The van der Waals surface area contributed by atoms with Gasteiger partial charge in [0.25, 0.3) is 10.0 Å². The highest BCUT2D eigenvalue weighted by Gasteiger charge is 2.17. The number of carbonyl (C=O) groups excluding carboxylic acids is 1. The van der Waals surface area contributed by atoms with Crippen LogP contribution in [-0.2, 0) is 10.0 Å². The fourth-order valence-corrected chi connectivity index (χ4v) is 2.17. The lowest BCUT2D eigenvalue weighted by molar-refractivity contribution is 0.244. The fourth-order valence-electron chi connectivity index (χ4n) is 1.24. The molecule has 19 heavy (non-hydrogen) atoms. The number of hydrogen-bond acceptors (Lipinski definition) is 3. The van der Waals surface area contributed by atoms with Crippen LogP contribution >= 0.6 is 0 Å². The first-order chi connectivity index (χ1) is 8.85. The van der Waals surface area contributed by atoms with Crippen molar-refractivity contribution in [2.24, 2.45) is 5.92 Å². The lowest BCUT2D eigenvalue weighted by Gasteiger charge is -2.10. The Morgan fingerprint density at radius 3 is 2.37 bits per heavy atom. The molecule has 0 unspecified atom stereocenters. The van der Waals surface area contributed by atoms with Gasteiger partial charge in [0.2, 0.25) is 0 Å². The maximum Gasteiger partial charge on any atom is 0.328 e. The molecule has 5 nitrogen and oxygen atoms in total. The second kappa shape index (κ2) is 6.25. The van der Waals surface area contributed by atoms with Crippen molar-refractivity contribution in [3.63, 3.8) is 0 Å². The molecular formula is C13H16N2O3S. The molecule has 0 radical (unpaired) electrons. The van der Waals surface area contributed by atoms with Crippen molar-refractivity contribution in [2.75, 3.05) is 6.54 Å². The number of benzene rings is 1. The number of amides is 2. The molecule has 102 valence electrons. The first-order valence-corrected chi connectivity index (χ1v) is 7.21. The fraction of sp³-hybridized carbons (Fsp3) is 0.308. The third-order valence-electron chi connectivity index (χ3n) is 2.23. The van der Waals surface area contributed by atoms with E-state index >= 15 is 0 Å². The molecule has 0 aliphatic carbocycles. The molecule has 0 spiro atoms. The minimum Gasteiger partial charge on any atom is -0.337 e. The van der Waals surface area contributed by atoms with Gasteiger partial charge in [-0.25, -0.2) is 17.9 Å². The SMILES string of the molecule is C#Cc1ccc(S(=O)(=O)NC(=O)NCC(C)C)cc1. The minimum absolute atomic E-state index is 0.00815. The molecule has 0 fully saturated rings. The quantitative estimate of drug-likeness (QED) is 0.817. The lowest BCUT2D eigenvalue weighted by Crippen LogP contribution is -2.40. The Labute approximate surface area is 113 Å². The van der Waals surface area contributed by atoms with Gasteiger partial charge >= 0.3 is 6.03 Å². The van der Waals surface area contributed by atoms with Gasteiger partial charge in [-0.3, -0.25) is 0 Å². The number of rotatable bonds is 4. The zero-order valence-electron chi connectivity index (χ0n) is 10.8. The monoisotopic (exact) mass is 280 g/mol. The van der Waals surface area contributed by atoms with E-state index in [0.29, 0.717) is 12.1 Å². The molecule has 0 atom stereocenters. The summed E-state index contributed by atoms with van der Waals surface area (Å²) in [5.41, 5.74) is 0.572. The summed E-state index contributed by atoms with van der Waals surface area (Å²) in [5, 5.41) is 2.47. The van der Waals surface area contributed by atoms with Crippen LogP contribution in [0, 0.1) is 18.3 Å². The van der Waals surface area contributed by atoms with Crippen LogP contribution in [0.3, 0.4) is 0 Å². The van der Waals surface area contributed by atoms with E-state index in [4.69, 9.17) is 6.42 Å². The summed E-state index contributed by atoms with van der Waals surface area (Å²) in [6, 6.07) is 4.97. The van der Waals surface area contributed by atoms with Crippen LogP contribution in [-0.4, -0.2) is 21.0 Å². The van der Waals surface area contributed by atoms with Crippen LogP contribution in [0.25, 0.3) is 0 Å². The molecule has 1 aromatic carbocycles. The van der Waals surface area contributed by atoms with Crippen LogP contribution in [0.5, 0.6) is 0 Å². The molecule has 0 bridgehead atoms. The Morgan fingerprint density at radius 1 is 1.32 bits per heavy atom. The zero-order chi connectivity index (χ0) is 14.5. The van der Waals surface area contributed by atoms with Crippen LogP contribution in [0.4, 0.5) is 4.79 Å². The molecule has 0 heterocycles. The average Bonchev–Trinajstić information content (AvgIpc) is 2.36. The number of terminal acetylenes is 1. The smallest absolute Gasteiger partial charge is 0.328 e. The summed E-state index contributed by atoms with van der Waals surface area (Å²) in [5.74, 6) is 2.62. The van der Waals surface area contributed by atoms with Crippen molar-refractivity contribution in [2.45, 2.75) is 18.7 Å². The Kier molecular flexibility index (Phi) is 4.95. The van der Waals surface area contributed by atoms with E-state index in [0.717, 1.165) is 0 Å². The van der Waals surface area contributed by atoms with Crippen LogP contribution in [0.15, 0.2) is 29.2 Å². The summed E-state index contributed by atoms with van der Waals surface area (Å²) in [6.07, 6.45) is 5.18. The van der Waals surface area contributed by atoms with E-state index < -0.39 is 16.1 Å². The third-order valence-corrected chi connectivity index (χ3v) is 3.58. The second-order valence-electron chi connectivity index (χ2n) is 4.38. The number of carbonyl (C=O) groups is 1. The Bertz CT molecular complexity index is 583. The van der Waals surface area contributed by atoms with Gasteiger partial charge in [-0.1, -0.05) is 19.8 Å². The van der Waals surface area contributed by atoms with Crippen molar-refractivity contribution in [3.8, 4) is 12.3 Å². The summed E-state index contributed by atoms with van der Waals surface area (Å²) in [6.45, 7) is 4.22. The second-order valence-corrected chi connectivity index (χ2v) is 6.06. The van der Waals surface area contributed by atoms with Crippen LogP contribution in [0.1, 0.15) is 19.4 Å². The molecule has 2 amide bonds. The molecule has 2 N–H and O–H groups in total. The van der Waals surface area contributed by atoms with E-state index in [9.17, 15) is 13.2 Å². The molecule has 0 aliphatic heterocycles. The summed E-state index contributed by atoms with van der Waals surface area (Å²) in [4.78, 5) is 11.4. The summed E-state index contributed by atoms with van der Waals surface area (Å²) in [7, 11) is -3.86. The van der Waals surface area contributed by atoms with Gasteiger partial charge in [0.15, 0.2) is 0 Å². The Morgan fingerprint density at radius 2 is 1.89 bits per heavy atom. The number of sulfonamides is 1. The minimum atomic E-state index is -3.86. The number of urea groups is 1. The average molecular weight is 280 g/mol. The van der Waals surface area contributed by atoms with Crippen LogP contribution < -0.4 is 10.0 Å². The zero-order valence-corrected chi connectivity index (χ0v) is 11.6. The van der Waals surface area contributed by atoms with Crippen molar-refractivity contribution < 1.29 is 13.2 Å². The molecule has 0 aromatic heterocycles. The normalized spacial score (nSPS) is 10.8. The van der Waals surface area contributed by atoms with Gasteiger partial charge in [-0.05, 0) is 30.2 Å². The molecule has 6 heteroatoms. The Balaban J connectivity index is 2.75. The van der Waals surface area contributed by atoms with E-state index in [1.165, 1.54) is 24.3 Å². The predicted octanol–water partition coefficient (Wildman–Crippen LogP) is 1.31. The van der Waals surface area contributed by atoms with Gasteiger partial charge in [-0.2, -0.15) is 0 Å². The van der Waals surface area contributed by atoms with Gasteiger partial charge < -0.3 is 5.32 Å². The molecule has 0 saturated carbocycles. The van der Waals surface area contributed by atoms with Gasteiger partial charge in [0.1, 0.15) is 0 Å². The molecule has 0 saturated heterocycles. The van der Waals surface area contributed by atoms with Crippen molar-refractivity contribution >= 4 is 16.1 Å². The maximum atomic E-state index is 11.9. The summed E-state index contributed by atoms with van der Waals surface area (Å²) < 4.78 is 25.7. The van der Waals surface area contributed by atoms with Gasteiger partial charge in [0, 0.05) is 12.1 Å². The standard InChI is InChI=1S/C13H16N2O3S/c1-4-11-5-7-12(8-6-11)19(17,18)15-13(16)14-9-10(2)3/h1,5-8,10H,9H2,2-3H3,(H2,14,15,16). The predicted molar refractivity (Wildman–Crippen MR) is 72.9 cm³/mol. The molecule has 1 aromatic rings. The first kappa shape index (κ1) is 15.1.